The molecule has 1 aromatic rings. The lowest BCUT2D eigenvalue weighted by molar-refractivity contribution is -0.140. The maximum Gasteiger partial charge on any atom is 0.326 e. The van der Waals surface area contributed by atoms with Gasteiger partial charge >= 0.3 is 11.9 Å². The molecule has 1 heterocycles. The van der Waals surface area contributed by atoms with E-state index in [0.29, 0.717) is 11.7 Å². The molecule has 1 saturated carbocycles. The monoisotopic (exact) mass is 282 g/mol. The van der Waals surface area contributed by atoms with Gasteiger partial charge in [0.1, 0.15) is 11.9 Å². The maximum atomic E-state index is 11.8. The lowest BCUT2D eigenvalue weighted by atomic mass is 10.1. The second-order valence-corrected chi connectivity index (χ2v) is 4.62. The summed E-state index contributed by atoms with van der Waals surface area (Å²) in [5, 5.41) is 26.0. The third-order valence-electron chi connectivity index (χ3n) is 2.92. The summed E-state index contributed by atoms with van der Waals surface area (Å²) in [7, 11) is 0. The van der Waals surface area contributed by atoms with E-state index in [9.17, 15) is 14.4 Å². The number of H-pyrrole nitrogens is 1. The van der Waals surface area contributed by atoms with Crippen LogP contribution in [0.5, 0.6) is 0 Å². The predicted molar refractivity (Wildman–Crippen MR) is 64.1 cm³/mol. The number of carbonyl (C=O) groups excluding carboxylic acids is 1. The predicted octanol–water partition coefficient (Wildman–Crippen LogP) is -0.270. The minimum absolute atomic E-state index is 0.131. The first-order valence-electron chi connectivity index (χ1n) is 6.15. The van der Waals surface area contributed by atoms with Crippen molar-refractivity contribution in [3.8, 4) is 0 Å². The number of carboxylic acid groups (broad SMARTS) is 2. The first-order valence-corrected chi connectivity index (χ1v) is 6.15. The molecular formula is C11H14N4O5. The summed E-state index contributed by atoms with van der Waals surface area (Å²) in [6, 6.07) is -1.28. The van der Waals surface area contributed by atoms with E-state index in [1.54, 1.807) is 0 Å². The van der Waals surface area contributed by atoms with Gasteiger partial charge in [-0.1, -0.05) is 0 Å². The quantitative estimate of drug-likeness (QED) is 0.538. The van der Waals surface area contributed by atoms with Gasteiger partial charge in [-0.15, -0.1) is 5.10 Å². The molecule has 1 unspecified atom stereocenters. The summed E-state index contributed by atoms with van der Waals surface area (Å²) in [4.78, 5) is 37.2. The Hall–Kier alpha value is -2.45. The van der Waals surface area contributed by atoms with Crippen LogP contribution in [0.3, 0.4) is 0 Å². The van der Waals surface area contributed by atoms with E-state index < -0.39 is 23.9 Å². The van der Waals surface area contributed by atoms with Crippen molar-refractivity contribution in [1.82, 2.24) is 20.5 Å². The van der Waals surface area contributed by atoms with E-state index in [4.69, 9.17) is 10.2 Å². The molecule has 0 saturated heterocycles. The lowest BCUT2D eigenvalue weighted by Crippen LogP contribution is -2.41. The van der Waals surface area contributed by atoms with E-state index in [0.717, 1.165) is 12.8 Å². The van der Waals surface area contributed by atoms with Crippen LogP contribution in [0.25, 0.3) is 0 Å². The Labute approximate surface area is 113 Å². The second kappa shape index (κ2) is 5.68. The molecule has 1 aliphatic rings. The van der Waals surface area contributed by atoms with Crippen molar-refractivity contribution in [3.05, 3.63) is 11.6 Å². The smallest absolute Gasteiger partial charge is 0.326 e. The summed E-state index contributed by atoms with van der Waals surface area (Å²) in [6.45, 7) is 0. The number of hydrogen-bond donors (Lipinski definition) is 4. The van der Waals surface area contributed by atoms with Crippen LogP contribution in [0.2, 0.25) is 0 Å². The summed E-state index contributed by atoms with van der Waals surface area (Å²) in [5.41, 5.74) is 0. The molecule has 108 valence electrons. The summed E-state index contributed by atoms with van der Waals surface area (Å²) >= 11 is 0. The highest BCUT2D eigenvalue weighted by atomic mass is 16.4. The van der Waals surface area contributed by atoms with E-state index in [2.05, 4.69) is 20.5 Å². The third kappa shape index (κ3) is 3.53. The number of rotatable bonds is 7. The van der Waals surface area contributed by atoms with Crippen LogP contribution in [0.4, 0.5) is 0 Å². The van der Waals surface area contributed by atoms with Crippen molar-refractivity contribution < 1.29 is 24.6 Å². The van der Waals surface area contributed by atoms with Gasteiger partial charge in [-0.05, 0) is 19.3 Å². The van der Waals surface area contributed by atoms with Gasteiger partial charge in [0, 0.05) is 12.3 Å². The molecule has 1 atom stereocenters. The van der Waals surface area contributed by atoms with Crippen molar-refractivity contribution in [2.45, 2.75) is 37.6 Å². The Morgan fingerprint density at radius 2 is 2.05 bits per heavy atom. The number of nitrogens with one attached hydrogen (secondary N) is 2. The van der Waals surface area contributed by atoms with Crippen molar-refractivity contribution in [3.63, 3.8) is 0 Å². The molecule has 9 heteroatoms. The fraction of sp³-hybridized carbons (Fsp3) is 0.545. The molecule has 2 rings (SSSR count). The zero-order chi connectivity index (χ0) is 14.7. The van der Waals surface area contributed by atoms with Crippen molar-refractivity contribution in [1.29, 1.82) is 0 Å². The molecule has 1 amide bonds. The van der Waals surface area contributed by atoms with Gasteiger partial charge in [0.2, 0.25) is 5.82 Å². The molecule has 1 aromatic heterocycles. The molecule has 20 heavy (non-hydrogen) atoms. The highest BCUT2D eigenvalue weighted by Crippen LogP contribution is 2.37. The van der Waals surface area contributed by atoms with Gasteiger partial charge in [-0.3, -0.25) is 14.7 Å². The van der Waals surface area contributed by atoms with Crippen LogP contribution in [0.15, 0.2) is 0 Å². The molecule has 1 fully saturated rings. The van der Waals surface area contributed by atoms with Gasteiger partial charge in [0.05, 0.1) is 0 Å². The number of hydrogen-bond acceptors (Lipinski definition) is 5. The minimum Gasteiger partial charge on any atom is -0.481 e. The fourth-order valence-corrected chi connectivity index (χ4v) is 1.66. The van der Waals surface area contributed by atoms with Crippen molar-refractivity contribution >= 4 is 17.8 Å². The number of aromatic nitrogens is 3. The Morgan fingerprint density at radius 3 is 2.60 bits per heavy atom. The van der Waals surface area contributed by atoms with E-state index in [-0.39, 0.29) is 18.7 Å². The summed E-state index contributed by atoms with van der Waals surface area (Å²) < 4.78 is 0. The number of amides is 1. The second-order valence-electron chi connectivity index (χ2n) is 4.62. The van der Waals surface area contributed by atoms with Crippen molar-refractivity contribution in [2.75, 3.05) is 0 Å². The number of carboxylic acids is 2. The zero-order valence-electron chi connectivity index (χ0n) is 10.5. The molecule has 0 aliphatic heterocycles. The summed E-state index contributed by atoms with van der Waals surface area (Å²) in [5.74, 6) is -2.37. The van der Waals surface area contributed by atoms with E-state index in [1.165, 1.54) is 0 Å². The van der Waals surface area contributed by atoms with Crippen LogP contribution in [-0.2, 0) is 9.59 Å². The van der Waals surface area contributed by atoms with Gasteiger partial charge in [-0.25, -0.2) is 9.78 Å². The SMILES string of the molecule is O=C(O)CCC(NC(=O)c1n[nH]c(C2CC2)n1)C(=O)O. The van der Waals surface area contributed by atoms with Gasteiger partial charge < -0.3 is 15.5 Å². The standard InChI is InChI=1S/C11H14N4O5/c16-7(17)4-3-6(11(19)20)12-10(18)9-13-8(14-15-9)5-1-2-5/h5-6H,1-4H2,(H,12,18)(H,16,17)(H,19,20)(H,13,14,15). The molecular weight excluding hydrogens is 268 g/mol. The minimum atomic E-state index is -1.29. The highest BCUT2D eigenvalue weighted by Gasteiger charge is 2.29. The third-order valence-corrected chi connectivity index (χ3v) is 2.92. The van der Waals surface area contributed by atoms with Gasteiger partial charge in [0.15, 0.2) is 0 Å². The van der Waals surface area contributed by atoms with Gasteiger partial charge in [0.25, 0.3) is 5.91 Å². The zero-order valence-corrected chi connectivity index (χ0v) is 10.5. The number of aliphatic carboxylic acids is 2. The Kier molecular flexibility index (Phi) is 3.97. The van der Waals surface area contributed by atoms with E-state index >= 15 is 0 Å². The molecule has 0 bridgehead atoms. The molecule has 0 spiro atoms. The fourth-order valence-electron chi connectivity index (χ4n) is 1.66. The highest BCUT2D eigenvalue weighted by molar-refractivity contribution is 5.93. The largest absolute Gasteiger partial charge is 0.481 e. The van der Waals surface area contributed by atoms with E-state index in [1.807, 2.05) is 0 Å². The molecule has 0 aromatic carbocycles. The average Bonchev–Trinajstić information content (AvgIpc) is 3.11. The molecule has 0 radical (unpaired) electrons. The first-order chi connectivity index (χ1) is 9.47. The van der Waals surface area contributed by atoms with Crippen molar-refractivity contribution in [2.24, 2.45) is 0 Å². The maximum absolute atomic E-state index is 11.8. The van der Waals surface area contributed by atoms with Crippen LogP contribution < -0.4 is 5.32 Å². The number of nitrogens with zero attached hydrogens (tertiary/aromatic N) is 2. The van der Waals surface area contributed by atoms with Crippen LogP contribution in [0, 0.1) is 0 Å². The van der Waals surface area contributed by atoms with Crippen LogP contribution in [-0.4, -0.2) is 49.3 Å². The molecule has 9 nitrogen and oxygen atoms in total. The Bertz CT molecular complexity index is 537. The summed E-state index contributed by atoms with van der Waals surface area (Å²) in [6.07, 6.45) is 1.44. The molecule has 4 N–H and O–H groups in total. The van der Waals surface area contributed by atoms with Gasteiger partial charge in [-0.2, -0.15) is 0 Å². The number of aromatic amines is 1. The Balaban J connectivity index is 1.95. The van der Waals surface area contributed by atoms with Crippen LogP contribution >= 0.6 is 0 Å². The molecule has 1 aliphatic carbocycles. The lowest BCUT2D eigenvalue weighted by Gasteiger charge is -2.11. The Morgan fingerprint density at radius 1 is 1.35 bits per heavy atom. The normalized spacial score (nSPS) is 15.6. The first kappa shape index (κ1) is 14.0. The topological polar surface area (TPSA) is 145 Å². The van der Waals surface area contributed by atoms with Crippen LogP contribution in [0.1, 0.15) is 48.0 Å². The number of carbonyl (C=O) groups is 3. The average molecular weight is 282 g/mol.